The van der Waals surface area contributed by atoms with E-state index in [1.165, 1.54) is 0 Å². The van der Waals surface area contributed by atoms with Crippen LogP contribution in [0.15, 0.2) is 29.1 Å². The van der Waals surface area contributed by atoms with Crippen LogP contribution in [0, 0.1) is 6.92 Å². The van der Waals surface area contributed by atoms with Crippen molar-refractivity contribution in [2.45, 2.75) is 45.1 Å². The Balaban J connectivity index is 1.47. The second kappa shape index (κ2) is 6.94. The first kappa shape index (κ1) is 16.8. The Hall–Kier alpha value is -2.63. The third kappa shape index (κ3) is 3.36. The van der Waals surface area contributed by atoms with Gasteiger partial charge in [0, 0.05) is 30.5 Å². The summed E-state index contributed by atoms with van der Waals surface area (Å²) in [5, 5.41) is 3.05. The molecule has 2 aromatic heterocycles. The van der Waals surface area contributed by atoms with E-state index in [1.807, 2.05) is 25.1 Å². The molecule has 0 spiro atoms. The lowest BCUT2D eigenvalue weighted by Gasteiger charge is -2.34. The van der Waals surface area contributed by atoms with Gasteiger partial charge in [-0.15, -0.1) is 0 Å². The van der Waals surface area contributed by atoms with Crippen molar-refractivity contribution >= 4 is 11.7 Å². The molecule has 1 amide bonds. The van der Waals surface area contributed by atoms with Gasteiger partial charge in [0.2, 0.25) is 0 Å². The van der Waals surface area contributed by atoms with Crippen LogP contribution in [0.3, 0.4) is 0 Å². The summed E-state index contributed by atoms with van der Waals surface area (Å²) >= 11 is 0. The predicted molar refractivity (Wildman–Crippen MR) is 101 cm³/mol. The first-order valence-electron chi connectivity index (χ1n) is 9.35. The maximum absolute atomic E-state index is 12.7. The molecule has 3 heterocycles. The van der Waals surface area contributed by atoms with Crippen LogP contribution in [-0.2, 0) is 12.8 Å². The highest BCUT2D eigenvalue weighted by Crippen LogP contribution is 2.20. The second-order valence-corrected chi connectivity index (χ2v) is 7.27. The predicted octanol–water partition coefficient (Wildman–Crippen LogP) is 1.97. The number of nitrogens with zero attached hydrogens (tertiary/aromatic N) is 2. The van der Waals surface area contributed by atoms with Gasteiger partial charge in [0.1, 0.15) is 11.4 Å². The number of rotatable bonds is 3. The van der Waals surface area contributed by atoms with Gasteiger partial charge in [0.05, 0.1) is 0 Å². The summed E-state index contributed by atoms with van der Waals surface area (Å²) in [6.07, 6.45) is 4.77. The Morgan fingerprint density at radius 1 is 1.31 bits per heavy atom. The molecule has 6 nitrogen and oxygen atoms in total. The Bertz CT molecular complexity index is 890. The maximum atomic E-state index is 12.7. The van der Waals surface area contributed by atoms with Gasteiger partial charge in [-0.05, 0) is 62.8 Å². The molecule has 136 valence electrons. The number of piperidine rings is 1. The quantitative estimate of drug-likeness (QED) is 0.885. The van der Waals surface area contributed by atoms with E-state index in [4.69, 9.17) is 0 Å². The van der Waals surface area contributed by atoms with Crippen LogP contribution in [0.25, 0.3) is 0 Å². The monoisotopic (exact) mass is 352 g/mol. The second-order valence-electron chi connectivity index (χ2n) is 7.27. The van der Waals surface area contributed by atoms with E-state index in [-0.39, 0.29) is 23.1 Å². The highest BCUT2D eigenvalue weighted by atomic mass is 16.2. The average molecular weight is 352 g/mol. The molecule has 2 aliphatic rings. The molecule has 0 bridgehead atoms. The fourth-order valence-electron chi connectivity index (χ4n) is 3.95. The van der Waals surface area contributed by atoms with Crippen molar-refractivity contribution in [3.05, 3.63) is 57.1 Å². The van der Waals surface area contributed by atoms with Crippen molar-refractivity contribution in [2.24, 2.45) is 0 Å². The first-order chi connectivity index (χ1) is 12.6. The topological polar surface area (TPSA) is 78.1 Å². The van der Waals surface area contributed by atoms with Gasteiger partial charge in [-0.1, -0.05) is 6.07 Å². The molecule has 6 heteroatoms. The van der Waals surface area contributed by atoms with Crippen molar-refractivity contribution in [1.29, 1.82) is 0 Å². The van der Waals surface area contributed by atoms with E-state index in [1.54, 1.807) is 6.07 Å². The zero-order valence-corrected chi connectivity index (χ0v) is 15.0. The standard InChI is InChI=1S/C20H24N4O2/c1-13-5-2-9-18(21-13)24-10-4-7-15(12-24)22-19(25)16-11-14-6-3-8-17(14)23-20(16)26/h2,5,9,11,15H,3-4,6-8,10,12H2,1H3,(H,22,25)(H,23,26)/t15-/m0/s1. The lowest BCUT2D eigenvalue weighted by Crippen LogP contribution is -2.48. The third-order valence-corrected chi connectivity index (χ3v) is 5.29. The number of H-pyrrole nitrogens is 1. The molecular weight excluding hydrogens is 328 g/mol. The van der Waals surface area contributed by atoms with E-state index in [2.05, 4.69) is 20.2 Å². The first-order valence-corrected chi connectivity index (χ1v) is 9.35. The number of aromatic amines is 1. The van der Waals surface area contributed by atoms with Gasteiger partial charge in [0.25, 0.3) is 11.5 Å². The summed E-state index contributed by atoms with van der Waals surface area (Å²) in [4.78, 5) is 34.6. The maximum Gasteiger partial charge on any atom is 0.261 e. The highest BCUT2D eigenvalue weighted by molar-refractivity contribution is 5.94. The van der Waals surface area contributed by atoms with Crippen molar-refractivity contribution in [3.8, 4) is 0 Å². The summed E-state index contributed by atoms with van der Waals surface area (Å²) in [6.45, 7) is 3.63. The molecule has 4 rings (SSSR count). The fourth-order valence-corrected chi connectivity index (χ4v) is 3.95. The Labute approximate surface area is 152 Å². The van der Waals surface area contributed by atoms with Gasteiger partial charge in [-0.25, -0.2) is 4.98 Å². The van der Waals surface area contributed by atoms with E-state index < -0.39 is 0 Å². The molecule has 1 aliphatic carbocycles. The number of carbonyl (C=O) groups excluding carboxylic acids is 1. The van der Waals surface area contributed by atoms with Crippen LogP contribution in [-0.4, -0.2) is 35.0 Å². The highest BCUT2D eigenvalue weighted by Gasteiger charge is 2.24. The molecular formula is C20H24N4O2. The van der Waals surface area contributed by atoms with Crippen molar-refractivity contribution in [2.75, 3.05) is 18.0 Å². The Morgan fingerprint density at radius 2 is 2.19 bits per heavy atom. The van der Waals surface area contributed by atoms with Crippen molar-refractivity contribution in [1.82, 2.24) is 15.3 Å². The van der Waals surface area contributed by atoms with E-state index in [0.29, 0.717) is 6.54 Å². The molecule has 0 unspecified atom stereocenters. The SMILES string of the molecule is Cc1cccc(N2CCC[C@H](NC(=O)c3cc4c([nH]c3=O)CCC4)C2)n1. The minimum absolute atomic E-state index is 0.0196. The number of anilines is 1. The zero-order chi connectivity index (χ0) is 18.1. The van der Waals surface area contributed by atoms with E-state index in [0.717, 1.165) is 61.4 Å². The minimum atomic E-state index is -0.281. The van der Waals surface area contributed by atoms with Gasteiger partial charge in [0.15, 0.2) is 0 Å². The minimum Gasteiger partial charge on any atom is -0.355 e. The summed E-state index contributed by atoms with van der Waals surface area (Å²) in [5.74, 6) is 0.671. The van der Waals surface area contributed by atoms with Crippen LogP contribution < -0.4 is 15.8 Å². The van der Waals surface area contributed by atoms with Gasteiger partial charge in [-0.2, -0.15) is 0 Å². The summed E-state index contributed by atoms with van der Waals surface area (Å²) in [7, 11) is 0. The van der Waals surface area contributed by atoms with Gasteiger partial charge >= 0.3 is 0 Å². The molecule has 26 heavy (non-hydrogen) atoms. The molecule has 1 fully saturated rings. The molecule has 1 atom stereocenters. The third-order valence-electron chi connectivity index (χ3n) is 5.29. The van der Waals surface area contributed by atoms with E-state index in [9.17, 15) is 9.59 Å². The van der Waals surface area contributed by atoms with Crippen LogP contribution in [0.5, 0.6) is 0 Å². The molecule has 2 aromatic rings. The van der Waals surface area contributed by atoms with Gasteiger partial charge < -0.3 is 15.2 Å². The van der Waals surface area contributed by atoms with Crippen LogP contribution in [0.4, 0.5) is 5.82 Å². The molecule has 0 radical (unpaired) electrons. The molecule has 0 aromatic carbocycles. The number of amides is 1. The number of nitrogens with one attached hydrogen (secondary N) is 2. The largest absolute Gasteiger partial charge is 0.355 e. The molecule has 0 saturated carbocycles. The number of fused-ring (bicyclic) bond motifs is 1. The summed E-state index contributed by atoms with van der Waals surface area (Å²) in [5.41, 5.74) is 3.02. The zero-order valence-electron chi connectivity index (χ0n) is 15.0. The number of hydrogen-bond acceptors (Lipinski definition) is 4. The number of aryl methyl sites for hydroxylation is 3. The Kier molecular flexibility index (Phi) is 4.49. The summed E-state index contributed by atoms with van der Waals surface area (Å²) < 4.78 is 0. The van der Waals surface area contributed by atoms with Crippen LogP contribution >= 0.6 is 0 Å². The van der Waals surface area contributed by atoms with E-state index >= 15 is 0 Å². The molecule has 1 aliphatic heterocycles. The number of pyridine rings is 2. The van der Waals surface area contributed by atoms with Gasteiger partial charge in [-0.3, -0.25) is 9.59 Å². The Morgan fingerprint density at radius 3 is 3.04 bits per heavy atom. The van der Waals surface area contributed by atoms with Crippen LogP contribution in [0.2, 0.25) is 0 Å². The number of carbonyl (C=O) groups is 1. The smallest absolute Gasteiger partial charge is 0.261 e. The lowest BCUT2D eigenvalue weighted by atomic mass is 10.0. The summed E-state index contributed by atoms with van der Waals surface area (Å²) in [6, 6.07) is 7.78. The van der Waals surface area contributed by atoms with Crippen LogP contribution in [0.1, 0.15) is 46.6 Å². The fraction of sp³-hybridized carbons (Fsp3) is 0.450. The number of hydrogen-bond donors (Lipinski definition) is 2. The molecule has 2 N–H and O–H groups in total. The molecule has 1 saturated heterocycles. The van der Waals surface area contributed by atoms with Crippen molar-refractivity contribution < 1.29 is 4.79 Å². The lowest BCUT2D eigenvalue weighted by molar-refractivity contribution is 0.0931. The normalized spacial score (nSPS) is 19.3. The van der Waals surface area contributed by atoms with Crippen molar-refractivity contribution in [3.63, 3.8) is 0 Å². The number of aromatic nitrogens is 2. The average Bonchev–Trinajstić information content (AvgIpc) is 3.08.